The molecule has 1 fully saturated rings. The van der Waals surface area contributed by atoms with Crippen molar-refractivity contribution in [1.82, 2.24) is 16.0 Å². The third-order valence-corrected chi connectivity index (χ3v) is 5.44. The number of rotatable bonds is 9. The number of benzene rings is 1. The van der Waals surface area contributed by atoms with Gasteiger partial charge in [0.05, 0.1) is 0 Å². The summed E-state index contributed by atoms with van der Waals surface area (Å²) in [5.41, 5.74) is 0.990. The van der Waals surface area contributed by atoms with Gasteiger partial charge >= 0.3 is 0 Å². The molecular weight excluding hydrogens is 396 g/mol. The second-order valence-corrected chi connectivity index (χ2v) is 7.63. The predicted molar refractivity (Wildman–Crippen MR) is 109 cm³/mol. The first kappa shape index (κ1) is 20.7. The Morgan fingerprint density at radius 2 is 1.88 bits per heavy atom. The second kappa shape index (κ2) is 10.5. The van der Waals surface area contributed by atoms with Crippen molar-refractivity contribution in [3.63, 3.8) is 0 Å². The first-order chi connectivity index (χ1) is 12.6. The molecule has 6 nitrogen and oxygen atoms in total. The summed E-state index contributed by atoms with van der Waals surface area (Å²) in [6.07, 6.45) is 4.85. The van der Waals surface area contributed by atoms with Crippen molar-refractivity contribution in [1.29, 1.82) is 0 Å². The summed E-state index contributed by atoms with van der Waals surface area (Å²) in [5, 5.41) is 9.56. The number of nitrogens with one attached hydrogen (secondary N) is 3. The topological polar surface area (TPSA) is 74.8 Å². The molecule has 1 amide bonds. The van der Waals surface area contributed by atoms with Crippen molar-refractivity contribution in [2.24, 2.45) is 10.4 Å². The Balaban J connectivity index is 1.67. The number of hydrogen-bond acceptors (Lipinski definition) is 3. The van der Waals surface area contributed by atoms with E-state index in [1.165, 1.54) is 19.3 Å². The van der Waals surface area contributed by atoms with Gasteiger partial charge in [0.1, 0.15) is 0 Å². The molecule has 1 aliphatic rings. The lowest BCUT2D eigenvalue weighted by Crippen LogP contribution is -2.48. The minimum atomic E-state index is -0.0739. The number of methoxy groups -OCH3 is 1. The average Bonchev–Trinajstić information content (AvgIpc) is 2.62. The maximum atomic E-state index is 12.1. The van der Waals surface area contributed by atoms with Gasteiger partial charge < -0.3 is 20.7 Å². The van der Waals surface area contributed by atoms with Crippen LogP contribution in [0.25, 0.3) is 0 Å². The molecule has 0 heterocycles. The molecule has 0 aromatic heterocycles. The first-order valence-electron chi connectivity index (χ1n) is 9.06. The van der Waals surface area contributed by atoms with Crippen molar-refractivity contribution in [2.45, 2.75) is 25.7 Å². The van der Waals surface area contributed by atoms with Crippen LogP contribution in [-0.4, -0.2) is 52.3 Å². The van der Waals surface area contributed by atoms with Crippen LogP contribution in [0.1, 0.15) is 36.0 Å². The molecule has 1 aromatic rings. The number of amides is 1. The molecule has 7 heteroatoms. The van der Waals surface area contributed by atoms with Gasteiger partial charge in [-0.05, 0) is 48.9 Å². The van der Waals surface area contributed by atoms with E-state index >= 15 is 0 Å². The summed E-state index contributed by atoms with van der Waals surface area (Å²) in [6.45, 7) is 2.86. The summed E-state index contributed by atoms with van der Waals surface area (Å²) < 4.78 is 6.19. The van der Waals surface area contributed by atoms with Crippen LogP contribution >= 0.6 is 15.9 Å². The number of ether oxygens (including phenoxy) is 1. The van der Waals surface area contributed by atoms with Crippen molar-refractivity contribution in [3.8, 4) is 0 Å². The fourth-order valence-corrected chi connectivity index (χ4v) is 3.33. The van der Waals surface area contributed by atoms with Gasteiger partial charge in [0, 0.05) is 50.4 Å². The van der Waals surface area contributed by atoms with Crippen LogP contribution in [0.5, 0.6) is 0 Å². The standard InChI is InChI=1S/C19H29BrN4O2/c1-21-18(24-14-19(8-3-9-19)10-13-26-2)23-12-11-22-17(25)15-4-6-16(20)7-5-15/h4-7H,3,8-14H2,1-2H3,(H,22,25)(H2,21,23,24). The van der Waals surface area contributed by atoms with Crippen LogP contribution in [0.2, 0.25) is 0 Å². The van der Waals surface area contributed by atoms with Crippen molar-refractivity contribution in [3.05, 3.63) is 34.3 Å². The number of carbonyl (C=O) groups excluding carboxylic acids is 1. The van der Waals surface area contributed by atoms with Gasteiger partial charge in [-0.3, -0.25) is 9.79 Å². The van der Waals surface area contributed by atoms with E-state index < -0.39 is 0 Å². The van der Waals surface area contributed by atoms with Gasteiger partial charge in [-0.1, -0.05) is 22.4 Å². The normalized spacial score (nSPS) is 15.9. The van der Waals surface area contributed by atoms with E-state index in [1.807, 2.05) is 12.1 Å². The highest BCUT2D eigenvalue weighted by molar-refractivity contribution is 9.10. The van der Waals surface area contributed by atoms with Crippen LogP contribution in [0.4, 0.5) is 0 Å². The summed E-state index contributed by atoms with van der Waals surface area (Å²) >= 11 is 3.37. The Bertz CT molecular complexity index is 600. The molecule has 144 valence electrons. The number of halogens is 1. The largest absolute Gasteiger partial charge is 0.385 e. The SMILES string of the molecule is CN=C(NCCNC(=O)c1ccc(Br)cc1)NCC1(CCOC)CCC1. The highest BCUT2D eigenvalue weighted by Crippen LogP contribution is 2.43. The smallest absolute Gasteiger partial charge is 0.251 e. The Morgan fingerprint density at radius 3 is 2.46 bits per heavy atom. The van der Waals surface area contributed by atoms with E-state index in [1.54, 1.807) is 26.3 Å². The lowest BCUT2D eigenvalue weighted by atomic mass is 9.67. The Kier molecular flexibility index (Phi) is 8.38. The van der Waals surface area contributed by atoms with Crippen molar-refractivity contribution in [2.75, 3.05) is 40.4 Å². The van der Waals surface area contributed by atoms with Gasteiger partial charge in [-0.15, -0.1) is 0 Å². The van der Waals surface area contributed by atoms with Gasteiger partial charge in [-0.2, -0.15) is 0 Å². The monoisotopic (exact) mass is 424 g/mol. The van der Waals surface area contributed by atoms with E-state index in [0.717, 1.165) is 30.0 Å². The van der Waals surface area contributed by atoms with Crippen LogP contribution < -0.4 is 16.0 Å². The maximum Gasteiger partial charge on any atom is 0.251 e. The van der Waals surface area contributed by atoms with Crippen LogP contribution in [0, 0.1) is 5.41 Å². The number of guanidine groups is 1. The van der Waals surface area contributed by atoms with E-state index in [0.29, 0.717) is 24.1 Å². The van der Waals surface area contributed by atoms with E-state index in [2.05, 4.69) is 36.9 Å². The van der Waals surface area contributed by atoms with Gasteiger partial charge in [-0.25, -0.2) is 0 Å². The Hall–Kier alpha value is -1.60. The molecule has 1 aromatic carbocycles. The first-order valence-corrected chi connectivity index (χ1v) is 9.85. The lowest BCUT2D eigenvalue weighted by molar-refractivity contribution is 0.0732. The number of nitrogens with zero attached hydrogens (tertiary/aromatic N) is 1. The fraction of sp³-hybridized carbons (Fsp3) is 0.579. The van der Waals surface area contributed by atoms with Crippen molar-refractivity contribution < 1.29 is 9.53 Å². The number of aliphatic imine (C=N–C) groups is 1. The second-order valence-electron chi connectivity index (χ2n) is 6.71. The summed E-state index contributed by atoms with van der Waals surface area (Å²) in [6, 6.07) is 7.31. The molecule has 2 rings (SSSR count). The molecule has 0 unspecified atom stereocenters. The number of hydrogen-bond donors (Lipinski definition) is 3. The molecule has 0 bridgehead atoms. The Morgan fingerprint density at radius 1 is 1.19 bits per heavy atom. The molecule has 0 radical (unpaired) electrons. The molecule has 0 aliphatic heterocycles. The molecule has 1 aliphatic carbocycles. The van der Waals surface area contributed by atoms with Crippen LogP contribution in [-0.2, 0) is 4.74 Å². The summed E-state index contributed by atoms with van der Waals surface area (Å²) in [4.78, 5) is 16.3. The molecule has 0 atom stereocenters. The lowest BCUT2D eigenvalue weighted by Gasteiger charge is -2.42. The zero-order chi connectivity index (χ0) is 18.8. The van der Waals surface area contributed by atoms with Crippen LogP contribution in [0.3, 0.4) is 0 Å². The summed E-state index contributed by atoms with van der Waals surface area (Å²) in [5.74, 6) is 0.696. The molecule has 3 N–H and O–H groups in total. The van der Waals surface area contributed by atoms with Crippen LogP contribution in [0.15, 0.2) is 33.7 Å². The molecular formula is C19H29BrN4O2. The van der Waals surface area contributed by atoms with Crippen molar-refractivity contribution >= 4 is 27.8 Å². The minimum absolute atomic E-state index is 0.0739. The van der Waals surface area contributed by atoms with Gasteiger partial charge in [0.2, 0.25) is 0 Å². The predicted octanol–water partition coefficient (Wildman–Crippen LogP) is 2.55. The minimum Gasteiger partial charge on any atom is -0.385 e. The van der Waals surface area contributed by atoms with Gasteiger partial charge in [0.25, 0.3) is 5.91 Å². The molecule has 1 saturated carbocycles. The third kappa shape index (κ3) is 6.29. The highest BCUT2D eigenvalue weighted by atomic mass is 79.9. The highest BCUT2D eigenvalue weighted by Gasteiger charge is 2.36. The fourth-order valence-electron chi connectivity index (χ4n) is 3.06. The van der Waals surface area contributed by atoms with Gasteiger partial charge in [0.15, 0.2) is 5.96 Å². The zero-order valence-corrected chi connectivity index (χ0v) is 17.2. The molecule has 0 saturated heterocycles. The van der Waals surface area contributed by atoms with E-state index in [4.69, 9.17) is 4.74 Å². The average molecular weight is 425 g/mol. The zero-order valence-electron chi connectivity index (χ0n) is 15.6. The number of carbonyl (C=O) groups is 1. The van der Waals surface area contributed by atoms with E-state index in [9.17, 15) is 4.79 Å². The third-order valence-electron chi connectivity index (χ3n) is 4.91. The summed E-state index contributed by atoms with van der Waals surface area (Å²) in [7, 11) is 3.52. The van der Waals surface area contributed by atoms with E-state index in [-0.39, 0.29) is 5.91 Å². The Labute approximate surface area is 164 Å². The maximum absolute atomic E-state index is 12.1. The molecule has 0 spiro atoms. The quantitative estimate of drug-likeness (QED) is 0.323. The molecule has 26 heavy (non-hydrogen) atoms.